The first-order valence-corrected chi connectivity index (χ1v) is 7.00. The second-order valence-corrected chi connectivity index (χ2v) is 5.67. The Morgan fingerprint density at radius 2 is 2.20 bits per heavy atom. The Morgan fingerprint density at radius 3 is 2.85 bits per heavy atom. The molecule has 0 aliphatic carbocycles. The first-order chi connectivity index (χ1) is 9.40. The van der Waals surface area contributed by atoms with Crippen LogP contribution in [0.1, 0.15) is 11.4 Å². The summed E-state index contributed by atoms with van der Waals surface area (Å²) >= 11 is 7.65. The van der Waals surface area contributed by atoms with Crippen LogP contribution in [-0.4, -0.2) is 14.5 Å². The Kier molecular flexibility index (Phi) is 4.39. The van der Waals surface area contributed by atoms with Crippen LogP contribution in [0.4, 0.5) is 5.69 Å². The molecule has 0 saturated heterocycles. The van der Waals surface area contributed by atoms with Crippen molar-refractivity contribution in [2.45, 2.75) is 13.5 Å². The number of rotatable bonds is 3. The lowest BCUT2D eigenvalue weighted by Crippen LogP contribution is -2.26. The van der Waals surface area contributed by atoms with E-state index in [4.69, 9.17) is 11.6 Å². The van der Waals surface area contributed by atoms with Gasteiger partial charge in [0.05, 0.1) is 15.0 Å². The van der Waals surface area contributed by atoms with Crippen molar-refractivity contribution in [2.24, 2.45) is 0 Å². The molecule has 0 unspecified atom stereocenters. The highest BCUT2D eigenvalue weighted by molar-refractivity contribution is 14.1. The van der Waals surface area contributed by atoms with E-state index in [9.17, 15) is 14.9 Å². The predicted molar refractivity (Wildman–Crippen MR) is 83.2 cm³/mol. The highest BCUT2D eigenvalue weighted by Crippen LogP contribution is 2.23. The third-order valence-corrected chi connectivity index (χ3v) is 3.75. The number of hydrogen-bond acceptors (Lipinski definition) is 4. The van der Waals surface area contributed by atoms with Gasteiger partial charge in [0.15, 0.2) is 0 Å². The van der Waals surface area contributed by atoms with Gasteiger partial charge in [-0.1, -0.05) is 11.6 Å². The van der Waals surface area contributed by atoms with Gasteiger partial charge in [0.1, 0.15) is 5.82 Å². The number of aromatic nitrogens is 2. The largest absolute Gasteiger partial charge is 0.291 e. The lowest BCUT2D eigenvalue weighted by Gasteiger charge is -2.10. The number of nitrogens with zero attached hydrogens (tertiary/aromatic N) is 3. The standard InChI is InChI=1S/C12H9ClIN3O3/c1-7-15-5-10(14)12(18)16(7)6-8-2-3-9(13)4-11(8)17(19)20/h2-5H,6H2,1H3. The number of nitro benzene ring substituents is 1. The van der Waals surface area contributed by atoms with Gasteiger partial charge in [0, 0.05) is 22.8 Å². The summed E-state index contributed by atoms with van der Waals surface area (Å²) in [6.07, 6.45) is 1.48. The van der Waals surface area contributed by atoms with E-state index >= 15 is 0 Å². The topological polar surface area (TPSA) is 78.0 Å². The van der Waals surface area contributed by atoms with E-state index in [2.05, 4.69) is 4.98 Å². The van der Waals surface area contributed by atoms with Gasteiger partial charge in [-0.05, 0) is 41.6 Å². The highest BCUT2D eigenvalue weighted by atomic mass is 127. The number of hydrogen-bond donors (Lipinski definition) is 0. The highest BCUT2D eigenvalue weighted by Gasteiger charge is 2.16. The van der Waals surface area contributed by atoms with Gasteiger partial charge >= 0.3 is 0 Å². The van der Waals surface area contributed by atoms with E-state index in [0.29, 0.717) is 15.0 Å². The molecule has 0 amide bonds. The Labute approximate surface area is 132 Å². The van der Waals surface area contributed by atoms with Gasteiger partial charge in [-0.3, -0.25) is 19.5 Å². The van der Waals surface area contributed by atoms with Crippen molar-refractivity contribution in [3.05, 3.63) is 64.8 Å². The molecule has 2 aromatic rings. The van der Waals surface area contributed by atoms with Gasteiger partial charge < -0.3 is 0 Å². The van der Waals surface area contributed by atoms with E-state index in [1.807, 2.05) is 22.6 Å². The smallest absolute Gasteiger partial charge is 0.275 e. The zero-order chi connectivity index (χ0) is 14.9. The number of benzene rings is 1. The molecule has 6 nitrogen and oxygen atoms in total. The summed E-state index contributed by atoms with van der Waals surface area (Å²) in [5.41, 5.74) is 0.0819. The summed E-state index contributed by atoms with van der Waals surface area (Å²) in [5, 5.41) is 11.3. The monoisotopic (exact) mass is 405 g/mol. The van der Waals surface area contributed by atoms with Gasteiger partial charge in [0.25, 0.3) is 11.2 Å². The van der Waals surface area contributed by atoms with Crippen molar-refractivity contribution in [2.75, 3.05) is 0 Å². The van der Waals surface area contributed by atoms with Crippen molar-refractivity contribution in [1.82, 2.24) is 9.55 Å². The van der Waals surface area contributed by atoms with Gasteiger partial charge in [0.2, 0.25) is 0 Å². The molecule has 2 rings (SSSR count). The summed E-state index contributed by atoms with van der Waals surface area (Å²) in [7, 11) is 0. The van der Waals surface area contributed by atoms with Crippen LogP contribution in [0.5, 0.6) is 0 Å². The summed E-state index contributed by atoms with van der Waals surface area (Å²) in [6, 6.07) is 4.39. The number of nitro groups is 1. The average molecular weight is 406 g/mol. The molecular weight excluding hydrogens is 397 g/mol. The normalized spacial score (nSPS) is 10.6. The third kappa shape index (κ3) is 2.98. The first kappa shape index (κ1) is 14.9. The number of aryl methyl sites for hydroxylation is 1. The fraction of sp³-hybridized carbons (Fsp3) is 0.167. The van der Waals surface area contributed by atoms with Crippen molar-refractivity contribution in [1.29, 1.82) is 0 Å². The van der Waals surface area contributed by atoms with Crippen molar-refractivity contribution < 1.29 is 4.92 Å². The molecule has 20 heavy (non-hydrogen) atoms. The maximum Gasteiger partial charge on any atom is 0.275 e. The van der Waals surface area contributed by atoms with Crippen LogP contribution in [-0.2, 0) is 6.54 Å². The molecule has 0 saturated carbocycles. The fourth-order valence-electron chi connectivity index (χ4n) is 1.75. The van der Waals surface area contributed by atoms with Gasteiger partial charge in [-0.25, -0.2) is 4.98 Å². The predicted octanol–water partition coefficient (Wildman–Crippen LogP) is 2.77. The van der Waals surface area contributed by atoms with Gasteiger partial charge in [-0.2, -0.15) is 0 Å². The maximum absolute atomic E-state index is 12.1. The summed E-state index contributed by atoms with van der Waals surface area (Å²) in [6.45, 7) is 1.77. The molecule has 0 bridgehead atoms. The van der Waals surface area contributed by atoms with Crippen LogP contribution in [0.15, 0.2) is 29.2 Å². The summed E-state index contributed by atoms with van der Waals surface area (Å²) in [5.74, 6) is 0.500. The lowest BCUT2D eigenvalue weighted by molar-refractivity contribution is -0.385. The molecule has 0 atom stereocenters. The van der Waals surface area contributed by atoms with Crippen LogP contribution < -0.4 is 5.56 Å². The Hall–Kier alpha value is -1.48. The lowest BCUT2D eigenvalue weighted by atomic mass is 10.2. The molecule has 1 aromatic carbocycles. The molecule has 0 spiro atoms. The third-order valence-electron chi connectivity index (χ3n) is 2.78. The molecule has 104 valence electrons. The van der Waals surface area contributed by atoms with Crippen LogP contribution >= 0.6 is 34.2 Å². The summed E-state index contributed by atoms with van der Waals surface area (Å²) < 4.78 is 1.86. The minimum absolute atomic E-state index is 0.0853. The molecule has 1 heterocycles. The quantitative estimate of drug-likeness (QED) is 0.447. The molecular formula is C12H9ClIN3O3. The molecule has 0 aliphatic rings. The van der Waals surface area contributed by atoms with Crippen LogP contribution in [0, 0.1) is 20.6 Å². The zero-order valence-corrected chi connectivity index (χ0v) is 13.3. The van der Waals surface area contributed by atoms with Crippen LogP contribution in [0.2, 0.25) is 5.02 Å². The fourth-order valence-corrected chi connectivity index (χ4v) is 2.34. The molecule has 0 radical (unpaired) electrons. The Balaban J connectivity index is 2.54. The van der Waals surface area contributed by atoms with Crippen molar-refractivity contribution in [3.63, 3.8) is 0 Å². The van der Waals surface area contributed by atoms with Gasteiger partial charge in [-0.15, -0.1) is 0 Å². The molecule has 1 aromatic heterocycles. The second-order valence-electron chi connectivity index (χ2n) is 4.07. The van der Waals surface area contributed by atoms with Crippen molar-refractivity contribution in [3.8, 4) is 0 Å². The van der Waals surface area contributed by atoms with E-state index in [-0.39, 0.29) is 22.8 Å². The van der Waals surface area contributed by atoms with Crippen LogP contribution in [0.25, 0.3) is 0 Å². The second kappa shape index (κ2) is 5.88. The van der Waals surface area contributed by atoms with E-state index < -0.39 is 4.92 Å². The molecule has 8 heteroatoms. The molecule has 0 fully saturated rings. The van der Waals surface area contributed by atoms with Crippen LogP contribution in [0.3, 0.4) is 0 Å². The summed E-state index contributed by atoms with van der Waals surface area (Å²) in [4.78, 5) is 26.7. The maximum atomic E-state index is 12.1. The van der Waals surface area contributed by atoms with Crippen molar-refractivity contribution >= 4 is 39.9 Å². The molecule has 0 aliphatic heterocycles. The van der Waals surface area contributed by atoms with E-state index in [1.54, 1.807) is 19.1 Å². The minimum atomic E-state index is -0.511. The SMILES string of the molecule is Cc1ncc(I)c(=O)n1Cc1ccc(Cl)cc1[N+](=O)[O-]. The Bertz CT molecular complexity index is 745. The number of halogens is 2. The first-order valence-electron chi connectivity index (χ1n) is 5.55. The minimum Gasteiger partial charge on any atom is -0.291 e. The average Bonchev–Trinajstić information content (AvgIpc) is 2.40. The Morgan fingerprint density at radius 1 is 1.50 bits per heavy atom. The molecule has 0 N–H and O–H groups in total. The zero-order valence-electron chi connectivity index (χ0n) is 10.3. The van der Waals surface area contributed by atoms with E-state index in [0.717, 1.165) is 0 Å². The van der Waals surface area contributed by atoms with E-state index in [1.165, 1.54) is 16.8 Å².